The number of fused-ring (bicyclic) bond motifs is 1. The smallest absolute Gasteiger partial charge is 0.243 e. The molecule has 0 unspecified atom stereocenters. The van der Waals surface area contributed by atoms with E-state index in [1.54, 1.807) is 4.31 Å². The molecule has 186 valence electrons. The Labute approximate surface area is 212 Å². The zero-order valence-electron chi connectivity index (χ0n) is 21.2. The van der Waals surface area contributed by atoms with E-state index in [2.05, 4.69) is 29.7 Å². The van der Waals surface area contributed by atoms with Crippen molar-refractivity contribution in [1.29, 1.82) is 0 Å². The monoisotopic (exact) mass is 502 g/mol. The largest absolute Gasteiger partial charge is 0.340 e. The molecule has 0 aliphatic carbocycles. The highest BCUT2D eigenvalue weighted by Gasteiger charge is 2.30. The van der Waals surface area contributed by atoms with Crippen molar-refractivity contribution >= 4 is 26.5 Å². The van der Waals surface area contributed by atoms with Crippen LogP contribution in [0.15, 0.2) is 71.6 Å². The summed E-state index contributed by atoms with van der Waals surface area (Å²) in [7, 11) is -3.58. The highest BCUT2D eigenvalue weighted by Crippen LogP contribution is 2.36. The van der Waals surface area contributed by atoms with Crippen LogP contribution in [0.5, 0.6) is 0 Å². The number of benzene rings is 3. The average Bonchev–Trinajstić information content (AvgIpc) is 3.11. The van der Waals surface area contributed by atoms with E-state index in [1.807, 2.05) is 57.2 Å². The minimum atomic E-state index is -3.58. The van der Waals surface area contributed by atoms with Gasteiger partial charge in [0.25, 0.3) is 0 Å². The van der Waals surface area contributed by atoms with Gasteiger partial charge < -0.3 is 4.57 Å². The van der Waals surface area contributed by atoms with Gasteiger partial charge in [-0.05, 0) is 74.6 Å². The second-order valence-electron chi connectivity index (χ2n) is 9.76. The molecule has 2 heterocycles. The first kappa shape index (κ1) is 24.5. The highest BCUT2D eigenvalue weighted by molar-refractivity contribution is 7.89. The molecule has 5 rings (SSSR count). The predicted molar refractivity (Wildman–Crippen MR) is 144 cm³/mol. The topological polar surface area (TPSA) is 42.3 Å². The Morgan fingerprint density at radius 2 is 1.58 bits per heavy atom. The van der Waals surface area contributed by atoms with Gasteiger partial charge in [0.05, 0.1) is 4.90 Å². The molecule has 1 aliphatic heterocycles. The molecular formula is C30H31FN2O2S. The third-order valence-electron chi connectivity index (χ3n) is 7.18. The first-order valence-corrected chi connectivity index (χ1v) is 13.7. The van der Waals surface area contributed by atoms with Crippen molar-refractivity contribution in [3.63, 3.8) is 0 Å². The van der Waals surface area contributed by atoms with Crippen LogP contribution in [0, 0.1) is 33.5 Å². The summed E-state index contributed by atoms with van der Waals surface area (Å²) in [6, 6.07) is 18.8. The number of nitrogens with zero attached hydrogens (tertiary/aromatic N) is 2. The number of sulfonamides is 1. The summed E-state index contributed by atoms with van der Waals surface area (Å²) in [6.45, 7) is 9.28. The van der Waals surface area contributed by atoms with Crippen LogP contribution in [-0.4, -0.2) is 30.4 Å². The normalized spacial score (nSPS) is 14.9. The fraction of sp³-hybridized carbons (Fsp3) is 0.267. The summed E-state index contributed by atoms with van der Waals surface area (Å²) < 4.78 is 44.4. The van der Waals surface area contributed by atoms with E-state index in [9.17, 15) is 12.8 Å². The molecule has 0 fully saturated rings. The van der Waals surface area contributed by atoms with Crippen molar-refractivity contribution in [2.45, 2.75) is 45.6 Å². The Morgan fingerprint density at radius 1 is 0.917 bits per heavy atom. The van der Waals surface area contributed by atoms with Crippen LogP contribution >= 0.6 is 0 Å². The first-order chi connectivity index (χ1) is 17.2. The molecule has 36 heavy (non-hydrogen) atoms. The maximum Gasteiger partial charge on any atom is 0.243 e. The Balaban J connectivity index is 1.50. The molecule has 4 aromatic rings. The van der Waals surface area contributed by atoms with E-state index in [0.717, 1.165) is 38.9 Å². The minimum Gasteiger partial charge on any atom is -0.340 e. The third-order valence-corrected chi connectivity index (χ3v) is 9.35. The van der Waals surface area contributed by atoms with Gasteiger partial charge >= 0.3 is 0 Å². The Bertz CT molecular complexity index is 1580. The lowest BCUT2D eigenvalue weighted by Gasteiger charge is -2.27. The Kier molecular flexibility index (Phi) is 6.35. The molecule has 0 radical (unpaired) electrons. The van der Waals surface area contributed by atoms with Gasteiger partial charge in [-0.3, -0.25) is 0 Å². The van der Waals surface area contributed by atoms with E-state index in [4.69, 9.17) is 0 Å². The first-order valence-electron chi connectivity index (χ1n) is 12.3. The van der Waals surface area contributed by atoms with Crippen molar-refractivity contribution in [2.24, 2.45) is 0 Å². The maximum absolute atomic E-state index is 13.6. The van der Waals surface area contributed by atoms with Gasteiger partial charge in [-0.2, -0.15) is 4.31 Å². The Hall–Kier alpha value is -3.22. The highest BCUT2D eigenvalue weighted by atomic mass is 32.2. The number of halogens is 1. The van der Waals surface area contributed by atoms with Crippen molar-refractivity contribution < 1.29 is 12.8 Å². The van der Waals surface area contributed by atoms with E-state index >= 15 is 0 Å². The molecule has 0 bridgehead atoms. The van der Waals surface area contributed by atoms with Crippen molar-refractivity contribution in [2.75, 3.05) is 13.1 Å². The van der Waals surface area contributed by atoms with Gasteiger partial charge in [-0.15, -0.1) is 0 Å². The van der Waals surface area contributed by atoms with E-state index < -0.39 is 10.0 Å². The maximum atomic E-state index is 13.6. The molecule has 1 aromatic heterocycles. The van der Waals surface area contributed by atoms with Gasteiger partial charge in [-0.1, -0.05) is 54.1 Å². The van der Waals surface area contributed by atoms with Crippen LogP contribution < -0.4 is 0 Å². The number of hydrogen-bond acceptors (Lipinski definition) is 2. The van der Waals surface area contributed by atoms with Crippen molar-refractivity contribution in [3.05, 3.63) is 106 Å². The summed E-state index contributed by atoms with van der Waals surface area (Å²) in [5.41, 5.74) is 8.29. The molecule has 0 spiro atoms. The third kappa shape index (κ3) is 4.29. The average molecular weight is 503 g/mol. The molecule has 0 saturated heterocycles. The SMILES string of the molecule is Cc1cc(C)c(S(=O)(=O)N2CC=C(c3c(C)n(Cc4ccc(F)cc4)c4ccccc34)CC2)c(C)c1. The van der Waals surface area contributed by atoms with E-state index in [-0.39, 0.29) is 5.82 Å². The summed E-state index contributed by atoms with van der Waals surface area (Å²) in [4.78, 5) is 0.428. The van der Waals surface area contributed by atoms with E-state index in [0.29, 0.717) is 31.0 Å². The lowest BCUT2D eigenvalue weighted by atomic mass is 9.97. The van der Waals surface area contributed by atoms with Gasteiger partial charge in [-0.25, -0.2) is 12.8 Å². The van der Waals surface area contributed by atoms with Crippen LogP contribution in [0.25, 0.3) is 16.5 Å². The quantitative estimate of drug-likeness (QED) is 0.311. The van der Waals surface area contributed by atoms with Crippen LogP contribution in [-0.2, 0) is 16.6 Å². The molecular weight excluding hydrogens is 471 g/mol. The zero-order valence-corrected chi connectivity index (χ0v) is 22.0. The summed E-state index contributed by atoms with van der Waals surface area (Å²) >= 11 is 0. The molecule has 1 aliphatic rings. The minimum absolute atomic E-state index is 0.239. The van der Waals surface area contributed by atoms with Crippen molar-refractivity contribution in [1.82, 2.24) is 8.87 Å². The number of aromatic nitrogens is 1. The lowest BCUT2D eigenvalue weighted by molar-refractivity contribution is 0.440. The summed E-state index contributed by atoms with van der Waals surface area (Å²) in [6.07, 6.45) is 2.71. The Morgan fingerprint density at radius 3 is 2.22 bits per heavy atom. The van der Waals surface area contributed by atoms with Crippen LogP contribution in [0.3, 0.4) is 0 Å². The zero-order chi connectivity index (χ0) is 25.6. The van der Waals surface area contributed by atoms with Crippen LogP contribution in [0.4, 0.5) is 4.39 Å². The van der Waals surface area contributed by atoms with Gasteiger partial charge in [0.1, 0.15) is 5.82 Å². The predicted octanol–water partition coefficient (Wildman–Crippen LogP) is 6.54. The number of hydrogen-bond donors (Lipinski definition) is 0. The molecule has 0 N–H and O–H groups in total. The molecule has 4 nitrogen and oxygen atoms in total. The van der Waals surface area contributed by atoms with Crippen molar-refractivity contribution in [3.8, 4) is 0 Å². The summed E-state index contributed by atoms with van der Waals surface area (Å²) in [5, 5.41) is 1.16. The number of para-hydroxylation sites is 1. The van der Waals surface area contributed by atoms with Crippen LogP contribution in [0.2, 0.25) is 0 Å². The summed E-state index contributed by atoms with van der Waals surface area (Å²) in [5.74, 6) is -0.239. The number of rotatable bonds is 5. The second kappa shape index (κ2) is 9.34. The molecule has 6 heteroatoms. The molecule has 3 aromatic carbocycles. The second-order valence-corrected chi connectivity index (χ2v) is 11.6. The molecule has 0 atom stereocenters. The van der Waals surface area contributed by atoms with Gasteiger partial charge in [0.15, 0.2) is 0 Å². The van der Waals surface area contributed by atoms with E-state index in [1.165, 1.54) is 23.3 Å². The standard InChI is InChI=1S/C30H31FN2O2S/c1-20-17-21(2)30(22(3)18-20)36(34,35)32-15-13-25(14-16-32)29-23(4)33(28-8-6-5-7-27(28)29)19-24-9-11-26(31)12-10-24/h5-13,17-18H,14-16,19H2,1-4H3. The fourth-order valence-electron chi connectivity index (χ4n) is 5.61. The fourth-order valence-corrected chi connectivity index (χ4v) is 7.40. The number of aryl methyl sites for hydroxylation is 3. The molecule has 0 amide bonds. The van der Waals surface area contributed by atoms with Gasteiger partial charge in [0.2, 0.25) is 10.0 Å². The molecule has 0 saturated carbocycles. The van der Waals surface area contributed by atoms with Gasteiger partial charge in [0, 0.05) is 41.8 Å². The van der Waals surface area contributed by atoms with Crippen LogP contribution in [0.1, 0.15) is 39.9 Å². The lowest BCUT2D eigenvalue weighted by Crippen LogP contribution is -2.35.